The van der Waals surface area contributed by atoms with Gasteiger partial charge in [-0.2, -0.15) is 5.26 Å². The van der Waals surface area contributed by atoms with Crippen molar-refractivity contribution in [3.05, 3.63) is 70.3 Å². The molecule has 28 heavy (non-hydrogen) atoms. The zero-order valence-corrected chi connectivity index (χ0v) is 15.5. The van der Waals surface area contributed by atoms with Crippen molar-refractivity contribution in [2.75, 3.05) is 13.6 Å². The van der Waals surface area contributed by atoms with Gasteiger partial charge in [-0.3, -0.25) is 14.5 Å². The van der Waals surface area contributed by atoms with E-state index >= 15 is 0 Å². The van der Waals surface area contributed by atoms with Crippen LogP contribution in [0.25, 0.3) is 0 Å². The molecule has 2 aliphatic rings. The maximum absolute atomic E-state index is 13.1. The molecule has 1 unspecified atom stereocenters. The predicted octanol–water partition coefficient (Wildman–Crippen LogP) is 1.90. The van der Waals surface area contributed by atoms with Crippen LogP contribution in [0.5, 0.6) is 0 Å². The summed E-state index contributed by atoms with van der Waals surface area (Å²) >= 11 is 0. The Balaban J connectivity index is 1.74. The molecule has 140 valence electrons. The molecule has 4 rings (SSSR count). The summed E-state index contributed by atoms with van der Waals surface area (Å²) < 4.78 is 0. The van der Waals surface area contributed by atoms with Crippen LogP contribution in [0.1, 0.15) is 32.6 Å². The summed E-state index contributed by atoms with van der Waals surface area (Å²) in [5.41, 5.74) is 2.11. The normalized spacial score (nSPS) is 21.0. The van der Waals surface area contributed by atoms with E-state index in [4.69, 9.17) is 5.26 Å². The zero-order chi connectivity index (χ0) is 20.1. The van der Waals surface area contributed by atoms with Gasteiger partial charge in [0.25, 0.3) is 11.8 Å². The van der Waals surface area contributed by atoms with Crippen LogP contribution >= 0.6 is 0 Å². The van der Waals surface area contributed by atoms with E-state index in [9.17, 15) is 14.4 Å². The second kappa shape index (κ2) is 6.20. The number of fused-ring (bicyclic) bond motifs is 1. The van der Waals surface area contributed by atoms with Crippen molar-refractivity contribution in [2.24, 2.45) is 0 Å². The third-order valence-corrected chi connectivity index (χ3v) is 5.37. The average Bonchev–Trinajstić information content (AvgIpc) is 3.11. The second-order valence-corrected chi connectivity index (χ2v) is 7.21. The summed E-state index contributed by atoms with van der Waals surface area (Å²) in [5, 5.41) is 11.8. The highest BCUT2D eigenvalue weighted by Crippen LogP contribution is 2.33. The Hall–Kier alpha value is -3.66. The lowest BCUT2D eigenvalue weighted by atomic mass is 9.88. The van der Waals surface area contributed by atoms with Gasteiger partial charge in [0.1, 0.15) is 0 Å². The molecule has 1 atom stereocenters. The molecular formula is C21H18N4O3. The van der Waals surface area contributed by atoms with Crippen LogP contribution in [0.15, 0.2) is 42.5 Å². The highest BCUT2D eigenvalue weighted by atomic mass is 16.2. The number of carbonyl (C=O) groups excluding carboxylic acids is 3. The van der Waals surface area contributed by atoms with Gasteiger partial charge in [0.15, 0.2) is 5.54 Å². The van der Waals surface area contributed by atoms with Crippen molar-refractivity contribution >= 4 is 17.8 Å². The molecule has 0 bridgehead atoms. The number of urea groups is 1. The largest absolute Gasteiger partial charge is 0.331 e. The van der Waals surface area contributed by atoms with Crippen LogP contribution < -0.4 is 5.32 Å². The van der Waals surface area contributed by atoms with Crippen LogP contribution in [0, 0.1) is 18.3 Å². The maximum atomic E-state index is 13.1. The topological polar surface area (TPSA) is 93.5 Å². The zero-order valence-electron chi connectivity index (χ0n) is 15.5. The highest BCUT2D eigenvalue weighted by Gasteiger charge is 2.53. The van der Waals surface area contributed by atoms with Crippen molar-refractivity contribution in [2.45, 2.75) is 19.0 Å². The molecule has 4 amide bonds. The van der Waals surface area contributed by atoms with Crippen molar-refractivity contribution in [3.8, 4) is 6.07 Å². The number of nitrogens with zero attached hydrogens (tertiary/aromatic N) is 3. The molecule has 0 saturated carbocycles. The van der Waals surface area contributed by atoms with Gasteiger partial charge in [0.05, 0.1) is 18.2 Å². The SMILES string of the molecule is Cc1ccc2c(c1)C(=O)N(CC1(c3ccc(C#N)cc3)NC(=O)N(C)C1=O)C2. The van der Waals surface area contributed by atoms with E-state index in [1.54, 1.807) is 29.2 Å². The molecule has 0 radical (unpaired) electrons. The number of benzene rings is 2. The quantitative estimate of drug-likeness (QED) is 0.831. The number of imide groups is 1. The van der Waals surface area contributed by atoms with Gasteiger partial charge in [-0.1, -0.05) is 29.8 Å². The van der Waals surface area contributed by atoms with Gasteiger partial charge in [-0.25, -0.2) is 4.79 Å². The van der Waals surface area contributed by atoms with Crippen LogP contribution in [0.3, 0.4) is 0 Å². The van der Waals surface area contributed by atoms with Crippen LogP contribution in [0.2, 0.25) is 0 Å². The third-order valence-electron chi connectivity index (χ3n) is 5.37. The fraction of sp³-hybridized carbons (Fsp3) is 0.238. The average molecular weight is 374 g/mol. The summed E-state index contributed by atoms with van der Waals surface area (Å²) in [6.07, 6.45) is 0. The molecule has 7 nitrogen and oxygen atoms in total. The highest BCUT2D eigenvalue weighted by molar-refractivity contribution is 6.08. The number of hydrogen-bond donors (Lipinski definition) is 1. The minimum Gasteiger partial charge on any atom is -0.331 e. The Morgan fingerprint density at radius 2 is 1.86 bits per heavy atom. The van der Waals surface area contributed by atoms with Crippen molar-refractivity contribution in [3.63, 3.8) is 0 Å². The molecule has 0 aliphatic carbocycles. The van der Waals surface area contributed by atoms with Crippen LogP contribution in [0.4, 0.5) is 4.79 Å². The number of amides is 4. The van der Waals surface area contributed by atoms with Crippen molar-refractivity contribution in [1.82, 2.24) is 15.1 Å². The van der Waals surface area contributed by atoms with E-state index in [0.717, 1.165) is 16.0 Å². The minimum atomic E-state index is -1.38. The van der Waals surface area contributed by atoms with Crippen molar-refractivity contribution in [1.29, 1.82) is 5.26 Å². The number of nitriles is 1. The molecule has 0 aromatic heterocycles. The first-order valence-corrected chi connectivity index (χ1v) is 8.85. The molecule has 0 spiro atoms. The van der Waals surface area contributed by atoms with E-state index < -0.39 is 17.5 Å². The summed E-state index contributed by atoms with van der Waals surface area (Å²) in [4.78, 5) is 40.8. The Kier molecular flexibility index (Phi) is 3.93. The smallest absolute Gasteiger partial charge is 0.325 e. The van der Waals surface area contributed by atoms with Gasteiger partial charge in [0, 0.05) is 19.2 Å². The number of carbonyl (C=O) groups is 3. The molecule has 1 N–H and O–H groups in total. The van der Waals surface area contributed by atoms with E-state index in [1.165, 1.54) is 7.05 Å². The Morgan fingerprint density at radius 3 is 2.46 bits per heavy atom. The molecule has 7 heteroatoms. The lowest BCUT2D eigenvalue weighted by Gasteiger charge is -2.31. The number of nitrogens with one attached hydrogen (secondary N) is 1. The second-order valence-electron chi connectivity index (χ2n) is 7.21. The minimum absolute atomic E-state index is 0.0143. The molecule has 2 aromatic carbocycles. The Labute approximate surface area is 162 Å². The van der Waals surface area contributed by atoms with Crippen LogP contribution in [-0.4, -0.2) is 41.2 Å². The molecular weight excluding hydrogens is 356 g/mol. The monoisotopic (exact) mass is 374 g/mol. The molecule has 2 heterocycles. The van der Waals surface area contributed by atoms with Gasteiger partial charge >= 0.3 is 6.03 Å². The van der Waals surface area contributed by atoms with E-state index in [-0.39, 0.29) is 12.5 Å². The van der Waals surface area contributed by atoms with E-state index in [2.05, 4.69) is 5.32 Å². The first-order valence-electron chi connectivity index (χ1n) is 8.85. The summed E-state index contributed by atoms with van der Waals surface area (Å²) in [6, 6.07) is 13.7. The fourth-order valence-electron chi connectivity index (χ4n) is 3.81. The summed E-state index contributed by atoms with van der Waals surface area (Å²) in [7, 11) is 1.41. The summed E-state index contributed by atoms with van der Waals surface area (Å²) in [5.74, 6) is -0.592. The Morgan fingerprint density at radius 1 is 1.14 bits per heavy atom. The fourth-order valence-corrected chi connectivity index (χ4v) is 3.81. The molecule has 2 aromatic rings. The van der Waals surface area contributed by atoms with Crippen LogP contribution in [-0.2, 0) is 16.9 Å². The van der Waals surface area contributed by atoms with Gasteiger partial charge in [-0.05, 0) is 36.2 Å². The molecule has 1 saturated heterocycles. The summed E-state index contributed by atoms with van der Waals surface area (Å²) in [6.45, 7) is 2.31. The predicted molar refractivity (Wildman–Crippen MR) is 100 cm³/mol. The van der Waals surface area contributed by atoms with Gasteiger partial charge in [-0.15, -0.1) is 0 Å². The lowest BCUT2D eigenvalue weighted by Crippen LogP contribution is -2.52. The van der Waals surface area contributed by atoms with Crippen molar-refractivity contribution < 1.29 is 14.4 Å². The Bertz CT molecular complexity index is 1050. The van der Waals surface area contributed by atoms with E-state index in [1.807, 2.05) is 31.2 Å². The number of rotatable bonds is 3. The lowest BCUT2D eigenvalue weighted by molar-refractivity contribution is -0.131. The van der Waals surface area contributed by atoms with E-state index in [0.29, 0.717) is 23.2 Å². The van der Waals surface area contributed by atoms with Gasteiger partial charge < -0.3 is 10.2 Å². The number of aryl methyl sites for hydroxylation is 1. The number of likely N-dealkylation sites (N-methyl/N-ethyl adjacent to an activating group) is 1. The first kappa shape index (κ1) is 17.7. The molecule has 2 aliphatic heterocycles. The third kappa shape index (κ3) is 2.54. The standard InChI is InChI=1S/C21H18N4O3/c1-13-3-6-15-11-25(18(26)17(15)9-13)12-21(19(27)24(2)20(28)23-21)16-7-4-14(10-22)5-8-16/h3-9H,11-12H2,1-2H3,(H,23,28). The molecule has 1 fully saturated rings. The first-order chi connectivity index (χ1) is 13.4. The number of hydrogen-bond acceptors (Lipinski definition) is 4. The maximum Gasteiger partial charge on any atom is 0.325 e. The van der Waals surface area contributed by atoms with Gasteiger partial charge in [0.2, 0.25) is 0 Å².